The van der Waals surface area contributed by atoms with E-state index in [1.807, 2.05) is 25.5 Å². The Balaban J connectivity index is 0.00000300. The van der Waals surface area contributed by atoms with E-state index in [0.717, 1.165) is 61.3 Å². The molecule has 7 nitrogen and oxygen atoms in total. The molecule has 0 amide bonds. The molecule has 1 aromatic heterocycles. The lowest BCUT2D eigenvalue weighted by Crippen LogP contribution is -2.48. The van der Waals surface area contributed by atoms with Crippen molar-refractivity contribution in [2.24, 2.45) is 4.99 Å². The molecule has 1 aliphatic rings. The maximum atomic E-state index is 5.40. The fraction of sp³-hybridized carbons (Fsp3) is 0.500. The topological polar surface area (TPSA) is 71.0 Å². The van der Waals surface area contributed by atoms with Gasteiger partial charge in [0.25, 0.3) is 0 Å². The van der Waals surface area contributed by atoms with Crippen LogP contribution in [-0.2, 0) is 6.54 Å². The molecule has 160 valence electrons. The van der Waals surface area contributed by atoms with E-state index in [1.54, 1.807) is 25.6 Å². The minimum absolute atomic E-state index is 0. The molecule has 1 fully saturated rings. The molecule has 2 N–H and O–H groups in total. The number of nitrogens with zero attached hydrogens (tertiary/aromatic N) is 3. The Labute approximate surface area is 193 Å². The van der Waals surface area contributed by atoms with Gasteiger partial charge in [0, 0.05) is 54.9 Å². The molecule has 0 radical (unpaired) electrons. The summed E-state index contributed by atoms with van der Waals surface area (Å²) >= 11 is 1.67. The average Bonchev–Trinajstić information content (AvgIpc) is 3.15. The maximum absolute atomic E-state index is 5.40. The zero-order valence-corrected chi connectivity index (χ0v) is 20.5. The summed E-state index contributed by atoms with van der Waals surface area (Å²) in [6.07, 6.45) is 2.08. The van der Waals surface area contributed by atoms with Gasteiger partial charge < -0.3 is 25.0 Å². The number of ether oxygens (including phenoxy) is 2. The first-order valence-electron chi connectivity index (χ1n) is 9.47. The Hall–Kier alpha value is -1.75. The number of anilines is 1. The fourth-order valence-electron chi connectivity index (χ4n) is 3.30. The number of thiazole rings is 1. The zero-order valence-electron chi connectivity index (χ0n) is 17.4. The third-order valence-corrected chi connectivity index (χ3v) is 5.96. The van der Waals surface area contributed by atoms with E-state index in [9.17, 15) is 0 Å². The minimum Gasteiger partial charge on any atom is -0.497 e. The SMILES string of the molecule is CN=C(NCc1scnc1C)NC1CCN(c2cc(OC)cc(OC)c2)CC1.I. The summed E-state index contributed by atoms with van der Waals surface area (Å²) in [4.78, 5) is 12.3. The quantitative estimate of drug-likeness (QED) is 0.338. The van der Waals surface area contributed by atoms with Gasteiger partial charge >= 0.3 is 0 Å². The smallest absolute Gasteiger partial charge is 0.191 e. The van der Waals surface area contributed by atoms with Gasteiger partial charge in [-0.2, -0.15) is 0 Å². The summed E-state index contributed by atoms with van der Waals surface area (Å²) in [5.74, 6) is 2.48. The van der Waals surface area contributed by atoms with Crippen LogP contribution in [0, 0.1) is 6.92 Å². The van der Waals surface area contributed by atoms with Crippen molar-refractivity contribution in [1.82, 2.24) is 15.6 Å². The van der Waals surface area contributed by atoms with Crippen LogP contribution in [0.3, 0.4) is 0 Å². The van der Waals surface area contributed by atoms with Gasteiger partial charge in [-0.15, -0.1) is 35.3 Å². The largest absolute Gasteiger partial charge is 0.497 e. The van der Waals surface area contributed by atoms with E-state index in [0.29, 0.717) is 6.04 Å². The van der Waals surface area contributed by atoms with Gasteiger partial charge in [-0.1, -0.05) is 0 Å². The summed E-state index contributed by atoms with van der Waals surface area (Å²) in [6.45, 7) is 4.73. The molecule has 0 saturated carbocycles. The van der Waals surface area contributed by atoms with Crippen molar-refractivity contribution in [3.05, 3.63) is 34.3 Å². The predicted molar refractivity (Wildman–Crippen MR) is 130 cm³/mol. The highest BCUT2D eigenvalue weighted by molar-refractivity contribution is 14.0. The van der Waals surface area contributed by atoms with Gasteiger partial charge in [-0.3, -0.25) is 4.99 Å². The van der Waals surface area contributed by atoms with Crippen LogP contribution in [0.25, 0.3) is 0 Å². The first-order valence-corrected chi connectivity index (χ1v) is 10.3. The molecule has 0 atom stereocenters. The second-order valence-corrected chi connectivity index (χ2v) is 7.70. The normalized spacial score (nSPS) is 14.9. The highest BCUT2D eigenvalue weighted by atomic mass is 127. The Morgan fingerprint density at radius 2 is 1.86 bits per heavy atom. The van der Waals surface area contributed by atoms with Crippen molar-refractivity contribution < 1.29 is 9.47 Å². The molecular formula is C20H30IN5O2S. The van der Waals surface area contributed by atoms with Crippen LogP contribution in [0.2, 0.25) is 0 Å². The number of nitrogens with one attached hydrogen (secondary N) is 2. The van der Waals surface area contributed by atoms with E-state index in [-0.39, 0.29) is 24.0 Å². The van der Waals surface area contributed by atoms with Crippen molar-refractivity contribution in [3.63, 3.8) is 0 Å². The third kappa shape index (κ3) is 6.36. The molecule has 1 aromatic carbocycles. The monoisotopic (exact) mass is 531 g/mol. The maximum Gasteiger partial charge on any atom is 0.191 e. The number of methoxy groups -OCH3 is 2. The fourth-order valence-corrected chi connectivity index (χ4v) is 4.02. The van der Waals surface area contributed by atoms with Crippen molar-refractivity contribution in [2.75, 3.05) is 39.3 Å². The van der Waals surface area contributed by atoms with Gasteiger partial charge in [0.05, 0.1) is 32.0 Å². The van der Waals surface area contributed by atoms with Crippen molar-refractivity contribution >= 4 is 47.0 Å². The Bertz CT molecular complexity index is 784. The second kappa shape index (κ2) is 11.4. The summed E-state index contributed by atoms with van der Waals surface area (Å²) in [5.41, 5.74) is 4.10. The predicted octanol–water partition coefficient (Wildman–Crippen LogP) is 3.42. The molecule has 2 heterocycles. The van der Waals surface area contributed by atoms with E-state index >= 15 is 0 Å². The second-order valence-electron chi connectivity index (χ2n) is 6.76. The standard InChI is InChI=1S/C20H29N5O2S.HI/c1-14-19(28-13-23-14)12-22-20(21-2)24-15-5-7-25(8-6-15)16-9-17(26-3)11-18(10-16)27-4;/h9-11,13,15H,5-8,12H2,1-4H3,(H2,21,22,24);1H. The molecule has 1 saturated heterocycles. The number of aliphatic imine (C=N–C) groups is 1. The molecular weight excluding hydrogens is 501 g/mol. The van der Waals surface area contributed by atoms with E-state index in [2.05, 4.69) is 37.6 Å². The summed E-state index contributed by atoms with van der Waals surface area (Å²) < 4.78 is 10.8. The van der Waals surface area contributed by atoms with Gasteiger partial charge in [-0.25, -0.2) is 4.98 Å². The number of guanidine groups is 1. The van der Waals surface area contributed by atoms with Gasteiger partial charge in [0.2, 0.25) is 0 Å². The zero-order chi connectivity index (χ0) is 19.9. The van der Waals surface area contributed by atoms with Crippen LogP contribution in [0.15, 0.2) is 28.7 Å². The van der Waals surface area contributed by atoms with Crippen LogP contribution in [0.5, 0.6) is 11.5 Å². The number of aryl methyl sites for hydroxylation is 1. The van der Waals surface area contributed by atoms with E-state index in [1.165, 1.54) is 4.88 Å². The molecule has 9 heteroatoms. The molecule has 3 rings (SSSR count). The lowest BCUT2D eigenvalue weighted by Gasteiger charge is -2.34. The van der Waals surface area contributed by atoms with E-state index in [4.69, 9.17) is 9.47 Å². The first-order chi connectivity index (χ1) is 13.6. The molecule has 0 unspecified atom stereocenters. The number of aromatic nitrogens is 1. The summed E-state index contributed by atoms with van der Waals surface area (Å²) in [5, 5.41) is 6.95. The molecule has 29 heavy (non-hydrogen) atoms. The first kappa shape index (κ1) is 23.5. The molecule has 0 spiro atoms. The molecule has 0 bridgehead atoms. The lowest BCUT2D eigenvalue weighted by molar-refractivity contribution is 0.393. The number of rotatable bonds is 6. The summed E-state index contributed by atoms with van der Waals surface area (Å²) in [6, 6.07) is 6.43. The van der Waals surface area contributed by atoms with Gasteiger partial charge in [0.15, 0.2) is 5.96 Å². The van der Waals surface area contributed by atoms with Crippen molar-refractivity contribution in [1.29, 1.82) is 0 Å². The van der Waals surface area contributed by atoms with E-state index < -0.39 is 0 Å². The number of benzene rings is 1. The summed E-state index contributed by atoms with van der Waals surface area (Å²) in [7, 11) is 5.18. The molecule has 2 aromatic rings. The number of piperidine rings is 1. The Kier molecular flexibility index (Phi) is 9.28. The Morgan fingerprint density at radius 3 is 2.38 bits per heavy atom. The number of hydrogen-bond acceptors (Lipinski definition) is 6. The molecule has 1 aliphatic heterocycles. The average molecular weight is 531 g/mol. The van der Waals surface area contributed by atoms with Crippen molar-refractivity contribution in [2.45, 2.75) is 32.4 Å². The highest BCUT2D eigenvalue weighted by Crippen LogP contribution is 2.30. The van der Waals surface area contributed by atoms with Gasteiger partial charge in [-0.05, 0) is 19.8 Å². The number of halogens is 1. The number of hydrogen-bond donors (Lipinski definition) is 2. The van der Waals surface area contributed by atoms with Crippen LogP contribution in [-0.4, -0.2) is 51.3 Å². The lowest BCUT2D eigenvalue weighted by atomic mass is 10.0. The van der Waals surface area contributed by atoms with Crippen LogP contribution >= 0.6 is 35.3 Å². The minimum atomic E-state index is 0. The highest BCUT2D eigenvalue weighted by Gasteiger charge is 2.21. The van der Waals surface area contributed by atoms with Crippen LogP contribution < -0.4 is 25.0 Å². The Morgan fingerprint density at radius 1 is 1.21 bits per heavy atom. The van der Waals surface area contributed by atoms with Crippen molar-refractivity contribution in [3.8, 4) is 11.5 Å². The van der Waals surface area contributed by atoms with Gasteiger partial charge in [0.1, 0.15) is 11.5 Å². The van der Waals surface area contributed by atoms with Crippen LogP contribution in [0.4, 0.5) is 5.69 Å². The van der Waals surface area contributed by atoms with Crippen LogP contribution in [0.1, 0.15) is 23.4 Å². The third-order valence-electron chi connectivity index (χ3n) is 5.02. The molecule has 0 aliphatic carbocycles.